The number of aryl methyl sites for hydroxylation is 1. The first-order valence-electron chi connectivity index (χ1n) is 10.7. The van der Waals surface area contributed by atoms with Crippen molar-refractivity contribution in [3.8, 4) is 11.4 Å². The quantitative estimate of drug-likeness (QED) is 0.249. The third-order valence-corrected chi connectivity index (χ3v) is 6.28. The predicted molar refractivity (Wildman–Crippen MR) is 127 cm³/mol. The van der Waals surface area contributed by atoms with Crippen molar-refractivity contribution in [2.24, 2.45) is 0 Å². The van der Waals surface area contributed by atoms with Gasteiger partial charge in [-0.25, -0.2) is 4.98 Å². The average molecular weight is 478 g/mol. The molecule has 5 aromatic rings. The molecule has 2 heterocycles. The molecule has 0 radical (unpaired) electrons. The van der Waals surface area contributed by atoms with Gasteiger partial charge in [-0.1, -0.05) is 60.3 Å². The second-order valence-corrected chi connectivity index (χ2v) is 8.52. The molecule has 0 N–H and O–H groups in total. The highest BCUT2D eigenvalue weighted by Crippen LogP contribution is 2.30. The first-order chi connectivity index (χ1) is 16.6. The van der Waals surface area contributed by atoms with Crippen LogP contribution in [-0.4, -0.2) is 24.3 Å². The maximum absolute atomic E-state index is 13.8. The van der Waals surface area contributed by atoms with Crippen LogP contribution in [0.1, 0.15) is 23.8 Å². The summed E-state index contributed by atoms with van der Waals surface area (Å²) in [6.07, 6.45) is 0. The number of para-hydroxylation sites is 4. The van der Waals surface area contributed by atoms with Crippen molar-refractivity contribution in [2.75, 3.05) is 0 Å². The number of imidazole rings is 1. The van der Waals surface area contributed by atoms with Crippen molar-refractivity contribution >= 4 is 22.8 Å². The Morgan fingerprint density at radius 2 is 1.62 bits per heavy atom. The number of hydrogen-bond acceptors (Lipinski definition) is 5. The Labute approximate surface area is 199 Å². The molecular weight excluding hydrogens is 456 g/mol. The van der Waals surface area contributed by atoms with Gasteiger partial charge < -0.3 is 4.74 Å². The van der Waals surface area contributed by atoms with Gasteiger partial charge in [-0.05, 0) is 42.8 Å². The summed E-state index contributed by atoms with van der Waals surface area (Å²) in [4.78, 5) is 4.42. The lowest BCUT2D eigenvalue weighted by Crippen LogP contribution is -2.07. The molecule has 6 nitrogen and oxygen atoms in total. The van der Waals surface area contributed by atoms with Crippen molar-refractivity contribution in [1.82, 2.24) is 24.3 Å². The Morgan fingerprint density at radius 1 is 0.882 bits per heavy atom. The molecule has 34 heavy (non-hydrogen) atoms. The molecule has 0 unspecified atom stereocenters. The minimum absolute atomic E-state index is 0.211. The Kier molecular flexibility index (Phi) is 6.27. The molecule has 3 aromatic carbocycles. The molecule has 5 rings (SSSR count). The fourth-order valence-corrected chi connectivity index (χ4v) is 4.63. The summed E-state index contributed by atoms with van der Waals surface area (Å²) in [5, 5.41) is 9.26. The van der Waals surface area contributed by atoms with Crippen LogP contribution in [0.4, 0.5) is 8.78 Å². The van der Waals surface area contributed by atoms with E-state index in [0.717, 1.165) is 21.6 Å². The van der Waals surface area contributed by atoms with Gasteiger partial charge in [-0.15, -0.1) is 10.2 Å². The first kappa shape index (κ1) is 22.1. The van der Waals surface area contributed by atoms with Gasteiger partial charge in [0.15, 0.2) is 11.0 Å². The van der Waals surface area contributed by atoms with Gasteiger partial charge >= 0.3 is 6.55 Å². The fourth-order valence-electron chi connectivity index (χ4n) is 3.73. The van der Waals surface area contributed by atoms with Gasteiger partial charge in [0.25, 0.3) is 0 Å². The third kappa shape index (κ3) is 4.38. The zero-order chi connectivity index (χ0) is 23.5. The first-order valence-corrected chi connectivity index (χ1v) is 11.7. The molecule has 0 aliphatic heterocycles. The molecule has 0 amide bonds. The van der Waals surface area contributed by atoms with E-state index in [0.29, 0.717) is 22.0 Å². The van der Waals surface area contributed by atoms with Crippen LogP contribution in [0.2, 0.25) is 0 Å². The molecule has 0 fully saturated rings. The molecule has 9 heteroatoms. The summed E-state index contributed by atoms with van der Waals surface area (Å²) in [5.41, 5.74) is 2.83. The monoisotopic (exact) mass is 477 g/mol. The highest BCUT2D eigenvalue weighted by atomic mass is 32.2. The Morgan fingerprint density at radius 3 is 2.41 bits per heavy atom. The second-order valence-electron chi connectivity index (χ2n) is 7.58. The van der Waals surface area contributed by atoms with Crippen molar-refractivity contribution < 1.29 is 13.5 Å². The number of benzene rings is 3. The summed E-state index contributed by atoms with van der Waals surface area (Å²) in [5.74, 6) is 1.87. The van der Waals surface area contributed by atoms with Crippen LogP contribution in [0, 0.1) is 6.92 Å². The van der Waals surface area contributed by atoms with Gasteiger partial charge in [-0.2, -0.15) is 8.78 Å². The van der Waals surface area contributed by atoms with E-state index in [-0.39, 0.29) is 18.2 Å². The Balaban J connectivity index is 1.45. The Bertz CT molecular complexity index is 1420. The number of nitrogens with zero attached hydrogens (tertiary/aromatic N) is 5. The second kappa shape index (κ2) is 9.64. The largest absolute Gasteiger partial charge is 0.485 e. The van der Waals surface area contributed by atoms with Gasteiger partial charge in [-0.3, -0.25) is 9.13 Å². The summed E-state index contributed by atoms with van der Waals surface area (Å²) in [6, 6.07) is 24.3. The summed E-state index contributed by atoms with van der Waals surface area (Å²) < 4.78 is 36.5. The SMILES string of the molecule is Cc1ccccc1OCc1nnc(SCc2nc3ccccc3n2C(F)F)n1-c1ccccc1. The third-order valence-electron chi connectivity index (χ3n) is 5.36. The smallest absolute Gasteiger partial charge is 0.320 e. The van der Waals surface area contributed by atoms with Crippen LogP contribution in [0.5, 0.6) is 5.75 Å². The van der Waals surface area contributed by atoms with Gasteiger partial charge in [0.1, 0.15) is 18.2 Å². The summed E-state index contributed by atoms with van der Waals surface area (Å²) in [7, 11) is 0. The van der Waals surface area contributed by atoms with E-state index >= 15 is 0 Å². The number of fused-ring (bicyclic) bond motifs is 1. The van der Waals surface area contributed by atoms with E-state index in [1.54, 1.807) is 24.3 Å². The number of rotatable bonds is 8. The molecule has 2 aromatic heterocycles. The molecule has 172 valence electrons. The van der Waals surface area contributed by atoms with Crippen LogP contribution in [0.25, 0.3) is 16.7 Å². The number of ether oxygens (including phenoxy) is 1. The van der Waals surface area contributed by atoms with Crippen molar-refractivity contribution in [2.45, 2.75) is 31.0 Å². The summed E-state index contributed by atoms with van der Waals surface area (Å²) in [6.45, 7) is -0.496. The van der Waals surface area contributed by atoms with E-state index in [4.69, 9.17) is 4.74 Å². The Hall–Kier alpha value is -3.72. The normalized spacial score (nSPS) is 11.4. The minimum atomic E-state index is -2.69. The van der Waals surface area contributed by atoms with E-state index in [1.807, 2.05) is 66.1 Å². The lowest BCUT2D eigenvalue weighted by atomic mass is 10.2. The molecular formula is C25H21F2N5OS. The highest BCUT2D eigenvalue weighted by molar-refractivity contribution is 7.98. The van der Waals surface area contributed by atoms with Crippen molar-refractivity contribution in [3.05, 3.63) is 96.1 Å². The number of halogens is 2. The maximum atomic E-state index is 13.8. The molecule has 0 saturated carbocycles. The fraction of sp³-hybridized carbons (Fsp3) is 0.160. The minimum Gasteiger partial charge on any atom is -0.485 e. The molecule has 0 bridgehead atoms. The molecule has 0 atom stereocenters. The zero-order valence-electron chi connectivity index (χ0n) is 18.3. The number of alkyl halides is 2. The zero-order valence-corrected chi connectivity index (χ0v) is 19.1. The van der Waals surface area contributed by atoms with Gasteiger partial charge in [0, 0.05) is 5.69 Å². The number of hydrogen-bond donors (Lipinski definition) is 0. The molecule has 0 saturated heterocycles. The lowest BCUT2D eigenvalue weighted by Gasteiger charge is -2.12. The topological polar surface area (TPSA) is 57.8 Å². The summed E-state index contributed by atoms with van der Waals surface area (Å²) >= 11 is 1.30. The van der Waals surface area contributed by atoms with Gasteiger partial charge in [0.2, 0.25) is 0 Å². The predicted octanol–water partition coefficient (Wildman–Crippen LogP) is 6.19. The lowest BCUT2D eigenvalue weighted by molar-refractivity contribution is 0.0722. The van der Waals surface area contributed by atoms with Crippen LogP contribution in [-0.2, 0) is 12.4 Å². The standard InChI is InChI=1S/C25H21F2N5OS/c1-17-9-5-8-14-21(17)33-15-22-29-30-25(31(22)18-10-3-2-4-11-18)34-16-23-28-19-12-6-7-13-20(19)32(23)24(26)27/h2-14,24H,15-16H2,1H3. The molecule has 0 aliphatic carbocycles. The van der Waals surface area contributed by atoms with Crippen LogP contribution in [0.15, 0.2) is 84.0 Å². The average Bonchev–Trinajstić information content (AvgIpc) is 3.43. The van der Waals surface area contributed by atoms with Crippen LogP contribution < -0.4 is 4.74 Å². The van der Waals surface area contributed by atoms with E-state index in [9.17, 15) is 8.78 Å². The molecule has 0 spiro atoms. The van der Waals surface area contributed by atoms with Crippen LogP contribution in [0.3, 0.4) is 0 Å². The van der Waals surface area contributed by atoms with E-state index < -0.39 is 6.55 Å². The molecule has 0 aliphatic rings. The number of aromatic nitrogens is 5. The van der Waals surface area contributed by atoms with E-state index in [1.165, 1.54) is 11.8 Å². The van der Waals surface area contributed by atoms with Crippen molar-refractivity contribution in [1.29, 1.82) is 0 Å². The van der Waals surface area contributed by atoms with E-state index in [2.05, 4.69) is 15.2 Å². The van der Waals surface area contributed by atoms with Crippen LogP contribution >= 0.6 is 11.8 Å². The maximum Gasteiger partial charge on any atom is 0.320 e. The number of thioether (sulfide) groups is 1. The van der Waals surface area contributed by atoms with Crippen molar-refractivity contribution in [3.63, 3.8) is 0 Å². The highest BCUT2D eigenvalue weighted by Gasteiger charge is 2.20. The van der Waals surface area contributed by atoms with Gasteiger partial charge in [0.05, 0.1) is 16.8 Å².